The minimum atomic E-state index is -1.26. The van der Waals surface area contributed by atoms with Crippen molar-refractivity contribution in [1.29, 1.82) is 0 Å². The van der Waals surface area contributed by atoms with Gasteiger partial charge in [0.25, 0.3) is 5.56 Å². The van der Waals surface area contributed by atoms with Gasteiger partial charge < -0.3 is 25.0 Å². The third-order valence-electron chi connectivity index (χ3n) is 3.15. The lowest BCUT2D eigenvalue weighted by Gasteiger charge is -2.15. The molecule has 9 heteroatoms. The van der Waals surface area contributed by atoms with E-state index in [1.165, 1.54) is 17.2 Å². The number of nitrogens with zero attached hydrogens (tertiary/aromatic N) is 3. The van der Waals surface area contributed by atoms with Crippen LogP contribution in [0.4, 0.5) is 0 Å². The summed E-state index contributed by atoms with van der Waals surface area (Å²) in [5, 5.41) is 32.8. The van der Waals surface area contributed by atoms with Crippen molar-refractivity contribution in [3.63, 3.8) is 0 Å². The number of fused-ring (bicyclic) bond motifs is 1. The van der Waals surface area contributed by atoms with Crippen LogP contribution in [0.1, 0.15) is 6.23 Å². The highest BCUT2D eigenvalue weighted by Gasteiger charge is 2.44. The fraction of sp³-hybridized carbons (Fsp3) is 0.500. The Morgan fingerprint density at radius 2 is 2.21 bits per heavy atom. The number of hydrogen-bond donors (Lipinski definition) is 4. The molecule has 3 heterocycles. The zero-order valence-electron chi connectivity index (χ0n) is 9.67. The third kappa shape index (κ3) is 1.75. The molecule has 0 amide bonds. The lowest BCUT2D eigenvalue weighted by Crippen LogP contribution is -2.33. The largest absolute Gasteiger partial charge is 0.394 e. The van der Waals surface area contributed by atoms with Crippen LogP contribution in [0.15, 0.2) is 17.3 Å². The number of aliphatic hydroxyl groups excluding tert-OH is 3. The average Bonchev–Trinajstić information content (AvgIpc) is 2.94. The van der Waals surface area contributed by atoms with Gasteiger partial charge in [-0.05, 0) is 0 Å². The number of nitrogens with one attached hydrogen (secondary N) is 1. The van der Waals surface area contributed by atoms with Gasteiger partial charge in [-0.25, -0.2) is 9.67 Å². The number of aliphatic hydroxyl groups is 3. The number of aromatic nitrogens is 4. The Morgan fingerprint density at radius 1 is 1.42 bits per heavy atom. The third-order valence-corrected chi connectivity index (χ3v) is 3.15. The van der Waals surface area contributed by atoms with Gasteiger partial charge in [0.15, 0.2) is 11.9 Å². The van der Waals surface area contributed by atoms with Crippen molar-refractivity contribution in [3.05, 3.63) is 22.9 Å². The second kappa shape index (κ2) is 4.38. The van der Waals surface area contributed by atoms with Crippen molar-refractivity contribution < 1.29 is 20.1 Å². The van der Waals surface area contributed by atoms with Gasteiger partial charge in [0.2, 0.25) is 0 Å². The molecule has 0 aliphatic carbocycles. The first-order valence-corrected chi connectivity index (χ1v) is 5.67. The predicted octanol–water partition coefficient (Wildman–Crippen LogP) is -2.27. The minimum Gasteiger partial charge on any atom is -0.394 e. The van der Waals surface area contributed by atoms with Crippen molar-refractivity contribution in [1.82, 2.24) is 19.7 Å². The standard InChI is InChI=1S/C10H12N4O5/c15-2-5-6(16)7(17)10(19-5)14-8-4(1-13-14)9(18)12-3-11-8/h1,3,5-7,10,15-17H,2H2,(H,11,12,18)/t5-,6+,7+,10-/m1/s1. The fourth-order valence-corrected chi connectivity index (χ4v) is 2.14. The molecule has 0 saturated carbocycles. The Hall–Kier alpha value is -1.81. The van der Waals surface area contributed by atoms with Gasteiger partial charge >= 0.3 is 0 Å². The molecular weight excluding hydrogens is 256 g/mol. The number of hydrogen-bond acceptors (Lipinski definition) is 7. The van der Waals surface area contributed by atoms with Crippen LogP contribution in [0.2, 0.25) is 0 Å². The monoisotopic (exact) mass is 268 g/mol. The van der Waals surface area contributed by atoms with Crippen LogP contribution in [0.25, 0.3) is 11.0 Å². The zero-order valence-corrected chi connectivity index (χ0v) is 9.67. The maximum absolute atomic E-state index is 11.5. The van der Waals surface area contributed by atoms with Crippen LogP contribution in [-0.4, -0.2) is 60.0 Å². The first-order chi connectivity index (χ1) is 9.13. The summed E-state index contributed by atoms with van der Waals surface area (Å²) < 4.78 is 6.54. The summed E-state index contributed by atoms with van der Waals surface area (Å²) in [5.74, 6) is 0. The first-order valence-electron chi connectivity index (χ1n) is 5.67. The fourth-order valence-electron chi connectivity index (χ4n) is 2.14. The van der Waals surface area contributed by atoms with Gasteiger partial charge in [-0.3, -0.25) is 4.79 Å². The number of aromatic amines is 1. The molecule has 2 aromatic heterocycles. The molecule has 0 bridgehead atoms. The summed E-state index contributed by atoms with van der Waals surface area (Å²) >= 11 is 0. The molecule has 0 unspecified atom stereocenters. The van der Waals surface area contributed by atoms with Crippen LogP contribution >= 0.6 is 0 Å². The van der Waals surface area contributed by atoms with Crippen molar-refractivity contribution in [2.45, 2.75) is 24.5 Å². The Morgan fingerprint density at radius 3 is 2.89 bits per heavy atom. The van der Waals surface area contributed by atoms with Gasteiger partial charge in [-0.15, -0.1) is 0 Å². The highest BCUT2D eigenvalue weighted by molar-refractivity contribution is 5.72. The zero-order chi connectivity index (χ0) is 13.6. The Balaban J connectivity index is 2.06. The van der Waals surface area contributed by atoms with Crippen LogP contribution in [-0.2, 0) is 4.74 Å². The van der Waals surface area contributed by atoms with E-state index in [0.29, 0.717) is 0 Å². The quantitative estimate of drug-likeness (QED) is 0.482. The molecule has 4 atom stereocenters. The number of rotatable bonds is 2. The highest BCUT2D eigenvalue weighted by atomic mass is 16.6. The molecule has 1 fully saturated rings. The molecule has 1 saturated heterocycles. The summed E-state index contributed by atoms with van der Waals surface area (Å²) in [6.07, 6.45) is -1.88. The topological polar surface area (TPSA) is 133 Å². The van der Waals surface area contributed by atoms with Crippen LogP contribution < -0.4 is 5.56 Å². The summed E-state index contributed by atoms with van der Waals surface area (Å²) in [4.78, 5) is 17.9. The molecule has 9 nitrogen and oxygen atoms in total. The number of H-pyrrole nitrogens is 1. The van der Waals surface area contributed by atoms with Gasteiger partial charge in [-0.1, -0.05) is 0 Å². The Labute approximate surface area is 106 Å². The molecule has 0 aromatic carbocycles. The maximum Gasteiger partial charge on any atom is 0.261 e. The van der Waals surface area contributed by atoms with E-state index in [0.717, 1.165) is 0 Å². The summed E-state index contributed by atoms with van der Waals surface area (Å²) in [6, 6.07) is 0. The van der Waals surface area contributed by atoms with E-state index >= 15 is 0 Å². The molecule has 102 valence electrons. The summed E-state index contributed by atoms with van der Waals surface area (Å²) in [5.41, 5.74) is -0.124. The highest BCUT2D eigenvalue weighted by Crippen LogP contribution is 2.30. The van der Waals surface area contributed by atoms with E-state index in [1.54, 1.807) is 0 Å². The minimum absolute atomic E-state index is 0.235. The molecule has 1 aliphatic heterocycles. The molecule has 2 aromatic rings. The molecule has 1 aliphatic rings. The van der Waals surface area contributed by atoms with E-state index in [9.17, 15) is 15.0 Å². The molecule has 19 heavy (non-hydrogen) atoms. The second-order valence-corrected chi connectivity index (χ2v) is 4.29. The van der Waals surface area contributed by atoms with Gasteiger partial charge in [0, 0.05) is 0 Å². The lowest BCUT2D eigenvalue weighted by molar-refractivity contribution is -0.0566. The van der Waals surface area contributed by atoms with Crippen LogP contribution in [0.3, 0.4) is 0 Å². The molecule has 4 N–H and O–H groups in total. The van der Waals surface area contributed by atoms with Gasteiger partial charge in [0.05, 0.1) is 19.1 Å². The second-order valence-electron chi connectivity index (χ2n) is 4.29. The Bertz CT molecular complexity index is 653. The molecule has 0 spiro atoms. The SMILES string of the molecule is O=c1[nH]cnc2c1cnn2[C@@H]1O[C@H](CO)[C@H](O)[C@@H]1O. The van der Waals surface area contributed by atoms with E-state index < -0.39 is 31.1 Å². The van der Waals surface area contributed by atoms with E-state index in [2.05, 4.69) is 15.1 Å². The van der Waals surface area contributed by atoms with Crippen molar-refractivity contribution >= 4 is 11.0 Å². The first kappa shape index (κ1) is 12.2. The summed E-state index contributed by atoms with van der Waals surface area (Å²) in [7, 11) is 0. The van der Waals surface area contributed by atoms with E-state index in [1.807, 2.05) is 0 Å². The summed E-state index contributed by atoms with van der Waals surface area (Å²) in [6.45, 7) is -0.429. The van der Waals surface area contributed by atoms with Gasteiger partial charge in [0.1, 0.15) is 23.7 Å². The molecular formula is C10H12N4O5. The predicted molar refractivity (Wildman–Crippen MR) is 61.2 cm³/mol. The average molecular weight is 268 g/mol. The van der Waals surface area contributed by atoms with Crippen LogP contribution in [0.5, 0.6) is 0 Å². The van der Waals surface area contributed by atoms with Crippen molar-refractivity contribution in [2.24, 2.45) is 0 Å². The normalized spacial score (nSPS) is 31.1. The van der Waals surface area contributed by atoms with E-state index in [4.69, 9.17) is 9.84 Å². The lowest BCUT2D eigenvalue weighted by atomic mass is 10.1. The van der Waals surface area contributed by atoms with Crippen LogP contribution in [0, 0.1) is 0 Å². The Kier molecular flexibility index (Phi) is 2.82. The molecule has 3 rings (SSSR count). The molecule has 0 radical (unpaired) electrons. The van der Waals surface area contributed by atoms with Crippen molar-refractivity contribution in [2.75, 3.05) is 6.61 Å². The van der Waals surface area contributed by atoms with E-state index in [-0.39, 0.29) is 16.6 Å². The smallest absolute Gasteiger partial charge is 0.261 e. The number of ether oxygens (including phenoxy) is 1. The van der Waals surface area contributed by atoms with Crippen molar-refractivity contribution in [3.8, 4) is 0 Å². The van der Waals surface area contributed by atoms with Gasteiger partial charge in [-0.2, -0.15) is 5.10 Å². The maximum atomic E-state index is 11.5.